The zero-order chi connectivity index (χ0) is 21.9. The van der Waals surface area contributed by atoms with Gasteiger partial charge in [-0.2, -0.15) is 0 Å². The van der Waals surface area contributed by atoms with E-state index in [-0.39, 0.29) is 25.0 Å². The first-order valence-electron chi connectivity index (χ1n) is 11.2. The summed E-state index contributed by atoms with van der Waals surface area (Å²) in [7, 11) is 0. The van der Waals surface area contributed by atoms with E-state index in [1.54, 1.807) is 5.48 Å². The number of hydrogen-bond acceptors (Lipinski definition) is 4. The van der Waals surface area contributed by atoms with Gasteiger partial charge in [0.05, 0.1) is 5.57 Å². The van der Waals surface area contributed by atoms with Crippen molar-refractivity contribution >= 4 is 22.6 Å². The Kier molecular flexibility index (Phi) is 8.91. The largest absolute Gasteiger partial charge is 0.488 e. The molecule has 166 valence electrons. The zero-order valence-corrected chi connectivity index (χ0v) is 17.9. The highest BCUT2D eigenvalue weighted by atomic mass is 16.5. The predicted octanol–water partition coefficient (Wildman–Crippen LogP) is 4.66. The topological polar surface area (TPSA) is 87.7 Å². The molecular weight excluding hydrogens is 392 g/mol. The third-order valence-electron chi connectivity index (χ3n) is 5.74. The van der Waals surface area contributed by atoms with Crippen LogP contribution < -0.4 is 15.5 Å². The molecule has 2 aromatic carbocycles. The number of benzene rings is 2. The molecule has 1 aliphatic rings. The smallest absolute Gasteiger partial charge is 0.250 e. The minimum absolute atomic E-state index is 0.0692. The second-order valence-electron chi connectivity index (χ2n) is 8.08. The summed E-state index contributed by atoms with van der Waals surface area (Å²) in [5.41, 5.74) is 2.26. The van der Waals surface area contributed by atoms with Gasteiger partial charge in [-0.3, -0.25) is 14.8 Å². The Morgan fingerprint density at radius 3 is 2.61 bits per heavy atom. The molecule has 0 aliphatic heterocycles. The van der Waals surface area contributed by atoms with Crippen molar-refractivity contribution in [2.75, 3.05) is 6.61 Å². The van der Waals surface area contributed by atoms with Crippen molar-refractivity contribution in [2.24, 2.45) is 0 Å². The number of carbonyl (C=O) groups is 2. The van der Waals surface area contributed by atoms with Crippen LogP contribution in [0.3, 0.4) is 0 Å². The van der Waals surface area contributed by atoms with Gasteiger partial charge in [0.25, 0.3) is 5.91 Å². The number of carbonyl (C=O) groups excluding carboxylic acids is 2. The lowest BCUT2D eigenvalue weighted by atomic mass is 9.95. The monoisotopic (exact) mass is 424 g/mol. The van der Waals surface area contributed by atoms with Gasteiger partial charge in [0.2, 0.25) is 5.91 Å². The Labute approximate surface area is 183 Å². The SMILES string of the molecule is O=C(CCCCC=C(COc1cccc2ccccc12)C(=O)NC1CCCCC1)NO. The summed E-state index contributed by atoms with van der Waals surface area (Å²) < 4.78 is 6.08. The van der Waals surface area contributed by atoms with Crippen LogP contribution in [-0.2, 0) is 9.59 Å². The van der Waals surface area contributed by atoms with Crippen LogP contribution in [0.4, 0.5) is 0 Å². The fourth-order valence-electron chi connectivity index (χ4n) is 3.98. The van der Waals surface area contributed by atoms with E-state index in [0.29, 0.717) is 18.4 Å². The number of rotatable bonds is 10. The van der Waals surface area contributed by atoms with E-state index in [0.717, 1.165) is 48.6 Å². The molecule has 0 radical (unpaired) electrons. The highest BCUT2D eigenvalue weighted by Crippen LogP contribution is 2.26. The van der Waals surface area contributed by atoms with E-state index >= 15 is 0 Å². The summed E-state index contributed by atoms with van der Waals surface area (Å²) in [6.45, 7) is 0.198. The molecule has 3 rings (SSSR count). The van der Waals surface area contributed by atoms with Crippen molar-refractivity contribution < 1.29 is 19.5 Å². The average molecular weight is 425 g/mol. The van der Waals surface area contributed by atoms with Gasteiger partial charge < -0.3 is 10.1 Å². The Bertz CT molecular complexity index is 898. The first-order valence-corrected chi connectivity index (χ1v) is 11.2. The molecule has 0 bridgehead atoms. The van der Waals surface area contributed by atoms with Gasteiger partial charge in [-0.15, -0.1) is 0 Å². The molecule has 3 N–H and O–H groups in total. The molecule has 0 spiro atoms. The van der Waals surface area contributed by atoms with Crippen LogP contribution in [-0.4, -0.2) is 29.7 Å². The Morgan fingerprint density at radius 1 is 1.03 bits per heavy atom. The second kappa shape index (κ2) is 12.1. The van der Waals surface area contributed by atoms with Gasteiger partial charge in [-0.05, 0) is 43.6 Å². The fraction of sp³-hybridized carbons (Fsp3) is 0.440. The van der Waals surface area contributed by atoms with Crippen LogP contribution in [0.2, 0.25) is 0 Å². The zero-order valence-electron chi connectivity index (χ0n) is 17.9. The molecular formula is C25H32N2O4. The third kappa shape index (κ3) is 7.10. The molecule has 6 heteroatoms. The number of fused-ring (bicyclic) bond motifs is 1. The number of hydrogen-bond donors (Lipinski definition) is 3. The normalized spacial score (nSPS) is 14.9. The van der Waals surface area contributed by atoms with Crippen LogP contribution in [0.15, 0.2) is 54.1 Å². The van der Waals surface area contributed by atoms with Crippen LogP contribution in [0.25, 0.3) is 10.8 Å². The molecule has 0 atom stereocenters. The van der Waals surface area contributed by atoms with Crippen LogP contribution in [0.1, 0.15) is 57.8 Å². The van der Waals surface area contributed by atoms with Crippen LogP contribution >= 0.6 is 0 Å². The number of unbranched alkanes of at least 4 members (excludes halogenated alkanes) is 2. The molecule has 6 nitrogen and oxygen atoms in total. The Balaban J connectivity index is 1.64. The predicted molar refractivity (Wildman–Crippen MR) is 121 cm³/mol. The number of nitrogens with one attached hydrogen (secondary N) is 2. The summed E-state index contributed by atoms with van der Waals surface area (Å²) in [5.74, 6) is 0.299. The van der Waals surface area contributed by atoms with Crippen molar-refractivity contribution in [2.45, 2.75) is 63.8 Å². The van der Waals surface area contributed by atoms with E-state index in [2.05, 4.69) is 5.32 Å². The van der Waals surface area contributed by atoms with Crippen molar-refractivity contribution in [3.05, 3.63) is 54.1 Å². The molecule has 2 amide bonds. The molecule has 1 aliphatic carbocycles. The second-order valence-corrected chi connectivity index (χ2v) is 8.08. The summed E-state index contributed by atoms with van der Waals surface area (Å²) in [6.07, 6.45) is 9.85. The van der Waals surface area contributed by atoms with Gasteiger partial charge >= 0.3 is 0 Å². The van der Waals surface area contributed by atoms with E-state index < -0.39 is 5.91 Å². The minimum atomic E-state index is -0.390. The number of hydroxylamine groups is 1. The van der Waals surface area contributed by atoms with Crippen molar-refractivity contribution in [3.8, 4) is 5.75 Å². The van der Waals surface area contributed by atoms with Crippen LogP contribution in [0, 0.1) is 0 Å². The lowest BCUT2D eigenvalue weighted by Crippen LogP contribution is -2.38. The number of amides is 2. The lowest BCUT2D eigenvalue weighted by Gasteiger charge is -2.23. The molecule has 31 heavy (non-hydrogen) atoms. The van der Waals surface area contributed by atoms with Gasteiger partial charge in [0, 0.05) is 17.8 Å². The van der Waals surface area contributed by atoms with Gasteiger partial charge in [0.1, 0.15) is 12.4 Å². The molecule has 2 aromatic rings. The summed E-state index contributed by atoms with van der Waals surface area (Å²) in [6, 6.07) is 14.2. The number of allylic oxidation sites excluding steroid dienone is 1. The highest BCUT2D eigenvalue weighted by Gasteiger charge is 2.18. The Morgan fingerprint density at radius 2 is 1.81 bits per heavy atom. The maximum absolute atomic E-state index is 13.0. The van der Waals surface area contributed by atoms with Gasteiger partial charge in [0.15, 0.2) is 0 Å². The van der Waals surface area contributed by atoms with Crippen molar-refractivity contribution in [1.82, 2.24) is 10.8 Å². The maximum Gasteiger partial charge on any atom is 0.250 e. The molecule has 1 saturated carbocycles. The molecule has 0 aromatic heterocycles. The maximum atomic E-state index is 13.0. The average Bonchev–Trinajstić information content (AvgIpc) is 2.81. The molecule has 1 fully saturated rings. The van der Waals surface area contributed by atoms with Gasteiger partial charge in [-0.25, -0.2) is 5.48 Å². The summed E-state index contributed by atoms with van der Waals surface area (Å²) in [5, 5.41) is 13.9. The fourth-order valence-corrected chi connectivity index (χ4v) is 3.98. The molecule has 0 heterocycles. The van der Waals surface area contributed by atoms with E-state index in [1.165, 1.54) is 6.42 Å². The quantitative estimate of drug-likeness (QED) is 0.224. The Hall–Kier alpha value is -2.86. The van der Waals surface area contributed by atoms with Crippen LogP contribution in [0.5, 0.6) is 5.75 Å². The standard InChI is InChI=1S/C25H32N2O4/c28-24(27-30)17-6-1-3-11-20(25(29)26-21-13-4-2-5-14-21)18-31-23-16-9-12-19-10-7-8-15-22(19)23/h7-12,15-16,21,30H,1-6,13-14,17-18H2,(H,26,29)(H,27,28). The summed E-state index contributed by atoms with van der Waals surface area (Å²) >= 11 is 0. The third-order valence-corrected chi connectivity index (χ3v) is 5.74. The van der Waals surface area contributed by atoms with E-state index in [4.69, 9.17) is 9.94 Å². The number of ether oxygens (including phenoxy) is 1. The molecule has 0 saturated heterocycles. The van der Waals surface area contributed by atoms with Crippen molar-refractivity contribution in [3.63, 3.8) is 0 Å². The first-order chi connectivity index (χ1) is 15.2. The summed E-state index contributed by atoms with van der Waals surface area (Å²) in [4.78, 5) is 24.1. The lowest BCUT2D eigenvalue weighted by molar-refractivity contribution is -0.129. The first kappa shape index (κ1) is 22.8. The minimum Gasteiger partial charge on any atom is -0.488 e. The van der Waals surface area contributed by atoms with E-state index in [1.807, 2.05) is 48.5 Å². The van der Waals surface area contributed by atoms with E-state index in [9.17, 15) is 9.59 Å². The highest BCUT2D eigenvalue weighted by molar-refractivity contribution is 5.94. The molecule has 0 unspecified atom stereocenters. The van der Waals surface area contributed by atoms with Crippen molar-refractivity contribution in [1.29, 1.82) is 0 Å². The van der Waals surface area contributed by atoms with Gasteiger partial charge in [-0.1, -0.05) is 61.7 Å².